The molecule has 2 fully saturated rings. The zero-order chi connectivity index (χ0) is 20.6. The van der Waals surface area contributed by atoms with Crippen molar-refractivity contribution in [2.75, 3.05) is 12.4 Å². The Hall–Kier alpha value is -2.15. The Morgan fingerprint density at radius 1 is 1.03 bits per heavy atom. The van der Waals surface area contributed by atoms with Crippen molar-refractivity contribution in [3.63, 3.8) is 0 Å². The van der Waals surface area contributed by atoms with Crippen molar-refractivity contribution in [3.05, 3.63) is 59.7 Å². The van der Waals surface area contributed by atoms with Gasteiger partial charge in [0.25, 0.3) is 0 Å². The number of aromatic nitrogens is 3. The maximum absolute atomic E-state index is 6.30. The van der Waals surface area contributed by atoms with Gasteiger partial charge >= 0.3 is 0 Å². The molecule has 0 bridgehead atoms. The van der Waals surface area contributed by atoms with Gasteiger partial charge in [0.15, 0.2) is 16.8 Å². The van der Waals surface area contributed by atoms with E-state index < -0.39 is 0 Å². The van der Waals surface area contributed by atoms with Crippen molar-refractivity contribution in [1.82, 2.24) is 14.8 Å². The van der Waals surface area contributed by atoms with Gasteiger partial charge < -0.3 is 9.47 Å². The molecule has 2 aromatic carbocycles. The topological polar surface area (TPSA) is 49.2 Å². The third-order valence-corrected chi connectivity index (χ3v) is 7.15. The monoisotopic (exact) mass is 421 g/mol. The molecule has 1 unspecified atom stereocenters. The average Bonchev–Trinajstić information content (AvgIpc) is 3.50. The first-order chi connectivity index (χ1) is 14.6. The highest BCUT2D eigenvalue weighted by molar-refractivity contribution is 7.99. The van der Waals surface area contributed by atoms with Crippen molar-refractivity contribution in [3.8, 4) is 17.1 Å². The molecule has 5 rings (SSSR count). The number of aryl methyl sites for hydroxylation is 2. The zero-order valence-electron chi connectivity index (χ0n) is 17.5. The Bertz CT molecular complexity index is 1030. The highest BCUT2D eigenvalue weighted by Gasteiger charge is 2.43. The number of hydrogen-bond acceptors (Lipinski definition) is 5. The van der Waals surface area contributed by atoms with E-state index in [0.29, 0.717) is 6.61 Å². The lowest BCUT2D eigenvalue weighted by molar-refractivity contribution is -0.159. The van der Waals surface area contributed by atoms with E-state index in [1.54, 1.807) is 11.8 Å². The third-order valence-electron chi connectivity index (χ3n) is 6.09. The largest absolute Gasteiger partial charge is 0.347 e. The van der Waals surface area contributed by atoms with E-state index in [0.717, 1.165) is 40.8 Å². The first kappa shape index (κ1) is 19.8. The fourth-order valence-corrected chi connectivity index (χ4v) is 5.20. The Morgan fingerprint density at radius 3 is 2.60 bits per heavy atom. The molecule has 0 radical (unpaired) electrons. The summed E-state index contributed by atoms with van der Waals surface area (Å²) in [6, 6.07) is 16.8. The van der Waals surface area contributed by atoms with Crippen LogP contribution in [0.1, 0.15) is 36.8 Å². The second kappa shape index (κ2) is 8.17. The lowest BCUT2D eigenvalue weighted by atomic mass is 10.1. The van der Waals surface area contributed by atoms with Crippen molar-refractivity contribution in [2.45, 2.75) is 56.6 Å². The van der Waals surface area contributed by atoms with Gasteiger partial charge in [-0.15, -0.1) is 10.2 Å². The molecule has 2 heterocycles. The molecule has 0 N–H and O–H groups in total. The fourth-order valence-electron chi connectivity index (χ4n) is 4.28. The molecule has 1 aliphatic carbocycles. The van der Waals surface area contributed by atoms with Crippen LogP contribution in [0.2, 0.25) is 0 Å². The third kappa shape index (κ3) is 3.80. The molecule has 156 valence electrons. The summed E-state index contributed by atoms with van der Waals surface area (Å²) in [6.45, 7) is 4.94. The van der Waals surface area contributed by atoms with Gasteiger partial charge in [0, 0.05) is 24.2 Å². The van der Waals surface area contributed by atoms with Crippen LogP contribution in [0.4, 0.5) is 0 Å². The molecular formula is C24H27N3O2S. The second-order valence-electron chi connectivity index (χ2n) is 8.26. The minimum absolute atomic E-state index is 0.0955. The first-order valence-electron chi connectivity index (χ1n) is 10.7. The van der Waals surface area contributed by atoms with Crippen LogP contribution in [0.3, 0.4) is 0 Å². The lowest BCUT2D eigenvalue weighted by Crippen LogP contribution is -2.27. The molecule has 1 spiro atoms. The van der Waals surface area contributed by atoms with Crippen LogP contribution in [-0.4, -0.2) is 39.0 Å². The van der Waals surface area contributed by atoms with Gasteiger partial charge in [-0.2, -0.15) is 0 Å². The number of nitrogens with zero attached hydrogens (tertiary/aromatic N) is 3. The van der Waals surface area contributed by atoms with Gasteiger partial charge in [0.1, 0.15) is 0 Å². The predicted molar refractivity (Wildman–Crippen MR) is 119 cm³/mol. The quantitative estimate of drug-likeness (QED) is 0.521. The van der Waals surface area contributed by atoms with Gasteiger partial charge in [-0.25, -0.2) is 0 Å². The van der Waals surface area contributed by atoms with Gasteiger partial charge in [0.2, 0.25) is 0 Å². The van der Waals surface area contributed by atoms with E-state index in [9.17, 15) is 0 Å². The standard InChI is InChI=1S/C24H27N3O2S/c1-17-10-11-20(14-18(17)2)27-22(19-8-4-3-5-9-19)25-26-23(27)30-16-21-15-28-24(29-21)12-6-7-13-24/h3-5,8-11,14,21H,6-7,12-13,15-16H2,1-2H3. The van der Waals surface area contributed by atoms with Crippen LogP contribution in [0.25, 0.3) is 17.1 Å². The molecule has 3 aromatic rings. The van der Waals surface area contributed by atoms with Crippen molar-refractivity contribution in [1.29, 1.82) is 0 Å². The Labute approximate surface area is 181 Å². The Morgan fingerprint density at radius 2 is 1.83 bits per heavy atom. The summed E-state index contributed by atoms with van der Waals surface area (Å²) in [5.41, 5.74) is 4.67. The molecule has 2 aliphatic rings. The van der Waals surface area contributed by atoms with E-state index in [-0.39, 0.29) is 11.9 Å². The minimum Gasteiger partial charge on any atom is -0.347 e. The number of benzene rings is 2. The molecule has 1 atom stereocenters. The summed E-state index contributed by atoms with van der Waals surface area (Å²) in [4.78, 5) is 0. The molecule has 1 saturated carbocycles. The van der Waals surface area contributed by atoms with Gasteiger partial charge in [-0.1, -0.05) is 48.2 Å². The number of ether oxygens (including phenoxy) is 2. The van der Waals surface area contributed by atoms with Gasteiger partial charge in [-0.3, -0.25) is 4.57 Å². The van der Waals surface area contributed by atoms with Crippen molar-refractivity contribution < 1.29 is 9.47 Å². The van der Waals surface area contributed by atoms with Crippen molar-refractivity contribution >= 4 is 11.8 Å². The Kier molecular flexibility index (Phi) is 5.39. The maximum Gasteiger partial charge on any atom is 0.196 e. The maximum atomic E-state index is 6.30. The zero-order valence-corrected chi connectivity index (χ0v) is 18.3. The summed E-state index contributed by atoms with van der Waals surface area (Å²) in [6.07, 6.45) is 4.53. The van der Waals surface area contributed by atoms with E-state index in [4.69, 9.17) is 9.47 Å². The fraction of sp³-hybridized carbons (Fsp3) is 0.417. The van der Waals surface area contributed by atoms with Gasteiger partial charge in [0.05, 0.1) is 18.4 Å². The molecule has 5 nitrogen and oxygen atoms in total. The van der Waals surface area contributed by atoms with Crippen LogP contribution >= 0.6 is 11.8 Å². The van der Waals surface area contributed by atoms with E-state index in [1.165, 1.54) is 24.0 Å². The van der Waals surface area contributed by atoms with E-state index in [2.05, 4.69) is 58.9 Å². The highest BCUT2D eigenvalue weighted by Crippen LogP contribution is 2.40. The number of hydrogen-bond donors (Lipinski definition) is 0. The molecule has 30 heavy (non-hydrogen) atoms. The second-order valence-corrected chi connectivity index (χ2v) is 9.24. The van der Waals surface area contributed by atoms with Crippen LogP contribution in [0.5, 0.6) is 0 Å². The number of rotatable bonds is 5. The summed E-state index contributed by atoms with van der Waals surface area (Å²) in [5.74, 6) is 1.35. The SMILES string of the molecule is Cc1ccc(-n2c(SCC3COC4(CCCC4)O3)nnc2-c2ccccc2)cc1C. The molecule has 6 heteroatoms. The first-order valence-corrected chi connectivity index (χ1v) is 11.7. The molecule has 1 aliphatic heterocycles. The van der Waals surface area contributed by atoms with Crippen LogP contribution in [0, 0.1) is 13.8 Å². The van der Waals surface area contributed by atoms with Gasteiger partial charge in [-0.05, 0) is 49.9 Å². The summed E-state index contributed by atoms with van der Waals surface area (Å²) in [7, 11) is 0. The molecule has 1 saturated heterocycles. The average molecular weight is 422 g/mol. The lowest BCUT2D eigenvalue weighted by Gasteiger charge is -2.21. The number of thioether (sulfide) groups is 1. The molecule has 1 aromatic heterocycles. The predicted octanol–water partition coefficient (Wildman–Crippen LogP) is 5.33. The summed E-state index contributed by atoms with van der Waals surface area (Å²) >= 11 is 1.69. The van der Waals surface area contributed by atoms with Crippen LogP contribution in [0.15, 0.2) is 53.7 Å². The Balaban J connectivity index is 1.43. The summed E-state index contributed by atoms with van der Waals surface area (Å²) in [5, 5.41) is 9.98. The summed E-state index contributed by atoms with van der Waals surface area (Å²) < 4.78 is 14.5. The van der Waals surface area contributed by atoms with E-state index >= 15 is 0 Å². The van der Waals surface area contributed by atoms with Crippen LogP contribution in [-0.2, 0) is 9.47 Å². The minimum atomic E-state index is -0.317. The van der Waals surface area contributed by atoms with Crippen LogP contribution < -0.4 is 0 Å². The van der Waals surface area contributed by atoms with Crippen molar-refractivity contribution in [2.24, 2.45) is 0 Å². The van der Waals surface area contributed by atoms with E-state index in [1.807, 2.05) is 18.2 Å². The normalized spacial score (nSPS) is 20.3. The molecular weight excluding hydrogens is 394 g/mol. The highest BCUT2D eigenvalue weighted by atomic mass is 32.2. The molecule has 0 amide bonds. The smallest absolute Gasteiger partial charge is 0.196 e.